The molecule has 4 aromatic rings. The Morgan fingerprint density at radius 2 is 1.40 bits per heavy atom. The van der Waals surface area contributed by atoms with Crippen molar-refractivity contribution >= 4 is 17.3 Å². The van der Waals surface area contributed by atoms with Gasteiger partial charge in [0.1, 0.15) is 23.9 Å². The summed E-state index contributed by atoms with van der Waals surface area (Å²) >= 11 is 6.47. The van der Waals surface area contributed by atoms with Gasteiger partial charge in [0.05, 0.1) is 20.3 Å². The number of nitrogens with one attached hydrogen (secondary N) is 1. The summed E-state index contributed by atoms with van der Waals surface area (Å²) in [6.07, 6.45) is 1.66. The molecule has 180 valence electrons. The third-order valence-electron chi connectivity index (χ3n) is 5.92. The summed E-state index contributed by atoms with van der Waals surface area (Å²) in [6.45, 7) is 0.545. The Morgan fingerprint density at radius 3 is 2.09 bits per heavy atom. The molecular weight excluding hydrogens is 458 g/mol. The zero-order chi connectivity index (χ0) is 24.5. The first-order chi connectivity index (χ1) is 17.1. The van der Waals surface area contributed by atoms with Crippen LogP contribution in [0.3, 0.4) is 0 Å². The summed E-state index contributed by atoms with van der Waals surface area (Å²) in [6, 6.07) is 32.3. The van der Waals surface area contributed by atoms with E-state index in [0.29, 0.717) is 6.61 Å². The van der Waals surface area contributed by atoms with Crippen LogP contribution < -0.4 is 19.5 Å². The summed E-state index contributed by atoms with van der Waals surface area (Å²) in [7, 11) is 3.35. The van der Waals surface area contributed by atoms with Crippen LogP contribution in [0.5, 0.6) is 17.2 Å². The van der Waals surface area contributed by atoms with E-state index in [1.807, 2.05) is 60.7 Å². The van der Waals surface area contributed by atoms with Crippen LogP contribution in [-0.4, -0.2) is 14.2 Å². The van der Waals surface area contributed by atoms with Crippen LogP contribution in [0.2, 0.25) is 5.02 Å². The Morgan fingerprint density at radius 1 is 0.743 bits per heavy atom. The molecule has 1 atom stereocenters. The van der Waals surface area contributed by atoms with E-state index in [1.54, 1.807) is 14.2 Å². The lowest BCUT2D eigenvalue weighted by atomic mass is 9.98. The SMILES string of the molecule is COc1ccc(C(CCc2cc(OC)ccc2Cl)Nc2ccc(OCc3ccccc3)cc2)cc1. The molecule has 0 fully saturated rings. The molecule has 0 aliphatic rings. The average Bonchev–Trinajstić information content (AvgIpc) is 2.92. The number of anilines is 1. The number of hydrogen-bond acceptors (Lipinski definition) is 4. The lowest BCUT2D eigenvalue weighted by molar-refractivity contribution is 0.306. The van der Waals surface area contributed by atoms with E-state index in [0.717, 1.165) is 51.9 Å². The van der Waals surface area contributed by atoms with E-state index in [1.165, 1.54) is 5.56 Å². The second-order valence-corrected chi connectivity index (χ2v) is 8.67. The van der Waals surface area contributed by atoms with Gasteiger partial charge in [-0.05, 0) is 84.1 Å². The molecule has 4 rings (SSSR count). The zero-order valence-corrected chi connectivity index (χ0v) is 20.8. The van der Waals surface area contributed by atoms with E-state index in [4.69, 9.17) is 25.8 Å². The number of hydrogen-bond donors (Lipinski definition) is 1. The highest BCUT2D eigenvalue weighted by Crippen LogP contribution is 2.30. The molecule has 1 unspecified atom stereocenters. The second-order valence-electron chi connectivity index (χ2n) is 8.26. The van der Waals surface area contributed by atoms with Gasteiger partial charge in [-0.3, -0.25) is 0 Å². The molecule has 1 N–H and O–H groups in total. The first-order valence-corrected chi connectivity index (χ1v) is 12.0. The molecule has 0 aromatic heterocycles. The minimum atomic E-state index is 0.0826. The molecule has 0 heterocycles. The molecule has 0 bridgehead atoms. The van der Waals surface area contributed by atoms with Crippen molar-refractivity contribution in [3.05, 3.63) is 119 Å². The highest BCUT2D eigenvalue weighted by Gasteiger charge is 2.14. The smallest absolute Gasteiger partial charge is 0.119 e. The molecule has 35 heavy (non-hydrogen) atoms. The molecule has 0 amide bonds. The maximum atomic E-state index is 6.47. The van der Waals surface area contributed by atoms with E-state index < -0.39 is 0 Å². The first-order valence-electron chi connectivity index (χ1n) is 11.6. The van der Waals surface area contributed by atoms with Crippen LogP contribution >= 0.6 is 11.6 Å². The van der Waals surface area contributed by atoms with Gasteiger partial charge < -0.3 is 19.5 Å². The van der Waals surface area contributed by atoms with Gasteiger partial charge in [-0.2, -0.15) is 0 Å². The monoisotopic (exact) mass is 487 g/mol. The van der Waals surface area contributed by atoms with Gasteiger partial charge in [0.2, 0.25) is 0 Å². The number of aryl methyl sites for hydroxylation is 1. The number of methoxy groups -OCH3 is 2. The Hall–Kier alpha value is -3.63. The standard InChI is InChI=1S/C30H30ClNO3/c1-33-26-13-8-23(9-14-26)30(19-10-24-20-28(34-2)17-18-29(24)31)32-25-11-15-27(16-12-25)35-21-22-6-4-3-5-7-22/h3-9,11-18,20,30,32H,10,19,21H2,1-2H3. The topological polar surface area (TPSA) is 39.7 Å². The van der Waals surface area contributed by atoms with Crippen molar-refractivity contribution in [3.8, 4) is 17.2 Å². The predicted octanol–water partition coefficient (Wildman–Crippen LogP) is 7.72. The van der Waals surface area contributed by atoms with Gasteiger partial charge in [-0.1, -0.05) is 54.1 Å². The van der Waals surface area contributed by atoms with Crippen LogP contribution in [0, 0.1) is 0 Å². The fraction of sp³-hybridized carbons (Fsp3) is 0.200. The molecule has 0 aliphatic carbocycles. The minimum absolute atomic E-state index is 0.0826. The number of benzene rings is 4. The number of ether oxygens (including phenoxy) is 3. The van der Waals surface area contributed by atoms with Crippen molar-refractivity contribution in [2.24, 2.45) is 0 Å². The van der Waals surface area contributed by atoms with Gasteiger partial charge in [0, 0.05) is 10.7 Å². The Kier molecular flexibility index (Phi) is 8.53. The maximum absolute atomic E-state index is 6.47. The maximum Gasteiger partial charge on any atom is 0.119 e. The van der Waals surface area contributed by atoms with Crippen LogP contribution in [0.4, 0.5) is 5.69 Å². The molecule has 0 aliphatic heterocycles. The van der Waals surface area contributed by atoms with Crippen LogP contribution in [0.1, 0.15) is 29.2 Å². The Bertz CT molecular complexity index is 1190. The van der Waals surface area contributed by atoms with Gasteiger partial charge in [0.15, 0.2) is 0 Å². The first kappa shape index (κ1) is 24.5. The van der Waals surface area contributed by atoms with E-state index in [9.17, 15) is 0 Å². The number of rotatable bonds is 11. The van der Waals surface area contributed by atoms with E-state index in [2.05, 4.69) is 41.7 Å². The summed E-state index contributed by atoms with van der Waals surface area (Å²) in [5.74, 6) is 2.48. The van der Waals surface area contributed by atoms with Crippen molar-refractivity contribution < 1.29 is 14.2 Å². The largest absolute Gasteiger partial charge is 0.497 e. The highest BCUT2D eigenvalue weighted by molar-refractivity contribution is 6.31. The fourth-order valence-electron chi connectivity index (χ4n) is 3.92. The quantitative estimate of drug-likeness (QED) is 0.235. The zero-order valence-electron chi connectivity index (χ0n) is 20.0. The molecule has 4 nitrogen and oxygen atoms in total. The minimum Gasteiger partial charge on any atom is -0.497 e. The summed E-state index contributed by atoms with van der Waals surface area (Å²) in [4.78, 5) is 0. The molecule has 0 saturated heterocycles. The molecule has 0 radical (unpaired) electrons. The van der Waals surface area contributed by atoms with Crippen molar-refractivity contribution in [2.75, 3.05) is 19.5 Å². The molecule has 5 heteroatoms. The molecule has 0 saturated carbocycles. The molecule has 4 aromatic carbocycles. The Labute approximate surface area is 212 Å². The summed E-state index contributed by atoms with van der Waals surface area (Å²) in [5, 5.41) is 4.43. The van der Waals surface area contributed by atoms with Crippen LogP contribution in [0.25, 0.3) is 0 Å². The van der Waals surface area contributed by atoms with Crippen molar-refractivity contribution in [1.29, 1.82) is 0 Å². The normalized spacial score (nSPS) is 11.5. The Balaban J connectivity index is 1.46. The van der Waals surface area contributed by atoms with Gasteiger partial charge >= 0.3 is 0 Å². The van der Waals surface area contributed by atoms with Crippen LogP contribution in [-0.2, 0) is 13.0 Å². The number of halogens is 1. The second kappa shape index (κ2) is 12.2. The van der Waals surface area contributed by atoms with Crippen molar-refractivity contribution in [3.63, 3.8) is 0 Å². The highest BCUT2D eigenvalue weighted by atomic mass is 35.5. The predicted molar refractivity (Wildman–Crippen MR) is 143 cm³/mol. The molecular formula is C30H30ClNO3. The summed E-state index contributed by atoms with van der Waals surface area (Å²) < 4.78 is 16.7. The lowest BCUT2D eigenvalue weighted by Gasteiger charge is -2.22. The van der Waals surface area contributed by atoms with Gasteiger partial charge in [-0.25, -0.2) is 0 Å². The fourth-order valence-corrected chi connectivity index (χ4v) is 4.13. The van der Waals surface area contributed by atoms with Crippen molar-refractivity contribution in [1.82, 2.24) is 0 Å². The third kappa shape index (κ3) is 6.93. The van der Waals surface area contributed by atoms with Crippen LogP contribution in [0.15, 0.2) is 97.1 Å². The third-order valence-corrected chi connectivity index (χ3v) is 6.29. The van der Waals surface area contributed by atoms with Crippen molar-refractivity contribution in [2.45, 2.75) is 25.5 Å². The van der Waals surface area contributed by atoms with Gasteiger partial charge in [0.25, 0.3) is 0 Å². The molecule has 0 spiro atoms. The lowest BCUT2D eigenvalue weighted by Crippen LogP contribution is -2.12. The van der Waals surface area contributed by atoms with Gasteiger partial charge in [-0.15, -0.1) is 0 Å². The van der Waals surface area contributed by atoms with E-state index >= 15 is 0 Å². The van der Waals surface area contributed by atoms with E-state index in [-0.39, 0.29) is 6.04 Å². The summed E-state index contributed by atoms with van der Waals surface area (Å²) in [5.41, 5.74) is 4.41. The average molecular weight is 488 g/mol.